The van der Waals surface area contributed by atoms with Crippen LogP contribution in [0.25, 0.3) is 0 Å². The van der Waals surface area contributed by atoms with E-state index in [1.807, 2.05) is 32.2 Å². The van der Waals surface area contributed by atoms with Crippen LogP contribution in [0.3, 0.4) is 0 Å². The molecule has 2 aromatic heterocycles. The number of rotatable bonds is 6. The number of methoxy groups -OCH3 is 1. The summed E-state index contributed by atoms with van der Waals surface area (Å²) < 4.78 is 6.84. The van der Waals surface area contributed by atoms with Gasteiger partial charge in [-0.05, 0) is 25.5 Å². The van der Waals surface area contributed by atoms with Crippen molar-refractivity contribution in [1.29, 1.82) is 0 Å². The van der Waals surface area contributed by atoms with Crippen LogP contribution in [0.4, 0.5) is 10.6 Å². The maximum Gasteiger partial charge on any atom is 0.320 e. The molecule has 0 saturated carbocycles. The van der Waals surface area contributed by atoms with Crippen LogP contribution in [-0.2, 0) is 4.74 Å². The van der Waals surface area contributed by atoms with E-state index in [2.05, 4.69) is 20.7 Å². The first-order chi connectivity index (χ1) is 10.6. The first kappa shape index (κ1) is 16.0. The SMILES string of the molecule is COC[C@H](C)n1ccc(NC(=O)N[C@H](C)c2cccnc2)n1. The minimum atomic E-state index is -0.305. The summed E-state index contributed by atoms with van der Waals surface area (Å²) >= 11 is 0. The molecule has 0 fully saturated rings. The van der Waals surface area contributed by atoms with Crippen molar-refractivity contribution >= 4 is 11.8 Å². The number of pyridine rings is 1. The van der Waals surface area contributed by atoms with Gasteiger partial charge in [0.2, 0.25) is 0 Å². The molecule has 7 heteroatoms. The number of hydrogen-bond acceptors (Lipinski definition) is 4. The van der Waals surface area contributed by atoms with Crippen molar-refractivity contribution in [2.24, 2.45) is 0 Å². The van der Waals surface area contributed by atoms with Gasteiger partial charge in [0.05, 0.1) is 18.7 Å². The molecule has 0 spiro atoms. The topological polar surface area (TPSA) is 81.1 Å². The number of amides is 2. The average molecular weight is 303 g/mol. The molecule has 0 aliphatic rings. The molecule has 0 saturated heterocycles. The van der Waals surface area contributed by atoms with Gasteiger partial charge < -0.3 is 10.1 Å². The summed E-state index contributed by atoms with van der Waals surface area (Å²) in [7, 11) is 1.65. The molecule has 7 nitrogen and oxygen atoms in total. The molecule has 2 atom stereocenters. The fraction of sp³-hybridized carbons (Fsp3) is 0.400. The molecule has 0 aromatic carbocycles. The van der Waals surface area contributed by atoms with Crippen molar-refractivity contribution in [2.45, 2.75) is 25.9 Å². The molecule has 0 aliphatic heterocycles. The predicted octanol–water partition coefficient (Wildman–Crippen LogP) is 2.37. The van der Waals surface area contributed by atoms with E-state index in [-0.39, 0.29) is 18.1 Å². The molecule has 0 radical (unpaired) electrons. The first-order valence-electron chi connectivity index (χ1n) is 7.11. The lowest BCUT2D eigenvalue weighted by atomic mass is 10.1. The highest BCUT2D eigenvalue weighted by Gasteiger charge is 2.12. The second-order valence-electron chi connectivity index (χ2n) is 5.09. The summed E-state index contributed by atoms with van der Waals surface area (Å²) in [5.74, 6) is 0.499. The molecule has 118 valence electrons. The largest absolute Gasteiger partial charge is 0.382 e. The molecule has 2 heterocycles. The third-order valence-electron chi connectivity index (χ3n) is 3.24. The number of nitrogens with one attached hydrogen (secondary N) is 2. The van der Waals surface area contributed by atoms with Gasteiger partial charge in [-0.2, -0.15) is 5.10 Å². The van der Waals surface area contributed by atoms with Crippen molar-refractivity contribution in [3.05, 3.63) is 42.4 Å². The Kier molecular flexibility index (Phi) is 5.48. The summed E-state index contributed by atoms with van der Waals surface area (Å²) in [5.41, 5.74) is 0.942. The molecule has 2 amide bonds. The first-order valence-corrected chi connectivity index (χ1v) is 7.11. The van der Waals surface area contributed by atoms with Crippen LogP contribution in [0.1, 0.15) is 31.5 Å². The minimum Gasteiger partial charge on any atom is -0.382 e. The lowest BCUT2D eigenvalue weighted by Gasteiger charge is -2.14. The summed E-state index contributed by atoms with van der Waals surface area (Å²) in [6.45, 7) is 4.45. The molecular formula is C15H21N5O2. The molecule has 2 aromatic rings. The van der Waals surface area contributed by atoms with Crippen LogP contribution >= 0.6 is 0 Å². The van der Waals surface area contributed by atoms with E-state index in [0.29, 0.717) is 12.4 Å². The minimum absolute atomic E-state index is 0.109. The molecule has 0 unspecified atom stereocenters. The van der Waals surface area contributed by atoms with Gasteiger partial charge in [-0.15, -0.1) is 0 Å². The van der Waals surface area contributed by atoms with Crippen molar-refractivity contribution in [2.75, 3.05) is 19.0 Å². The van der Waals surface area contributed by atoms with E-state index in [1.54, 1.807) is 30.3 Å². The highest BCUT2D eigenvalue weighted by atomic mass is 16.5. The van der Waals surface area contributed by atoms with Crippen LogP contribution in [0.5, 0.6) is 0 Å². The van der Waals surface area contributed by atoms with E-state index in [1.165, 1.54) is 0 Å². The van der Waals surface area contributed by atoms with Gasteiger partial charge in [0.15, 0.2) is 5.82 Å². The maximum atomic E-state index is 12.0. The molecule has 0 bridgehead atoms. The third-order valence-corrected chi connectivity index (χ3v) is 3.24. The van der Waals surface area contributed by atoms with E-state index in [9.17, 15) is 4.79 Å². The lowest BCUT2D eigenvalue weighted by Crippen LogP contribution is -2.31. The number of anilines is 1. The van der Waals surface area contributed by atoms with Crippen LogP contribution in [0.2, 0.25) is 0 Å². The predicted molar refractivity (Wildman–Crippen MR) is 83.6 cm³/mol. The number of carbonyl (C=O) groups excluding carboxylic acids is 1. The van der Waals surface area contributed by atoms with Crippen molar-refractivity contribution in [3.63, 3.8) is 0 Å². The second-order valence-corrected chi connectivity index (χ2v) is 5.09. The fourth-order valence-corrected chi connectivity index (χ4v) is 2.03. The Labute approximate surface area is 129 Å². The Morgan fingerprint density at radius 3 is 2.91 bits per heavy atom. The van der Waals surface area contributed by atoms with Gasteiger partial charge in [0, 0.05) is 31.8 Å². The summed E-state index contributed by atoms with van der Waals surface area (Å²) in [5, 5.41) is 9.86. The van der Waals surface area contributed by atoms with Crippen molar-refractivity contribution in [3.8, 4) is 0 Å². The van der Waals surface area contributed by atoms with E-state index in [4.69, 9.17) is 4.74 Å². The van der Waals surface area contributed by atoms with Gasteiger partial charge in [0.25, 0.3) is 0 Å². The Balaban J connectivity index is 1.89. The highest BCUT2D eigenvalue weighted by molar-refractivity contribution is 5.88. The van der Waals surface area contributed by atoms with E-state index in [0.717, 1.165) is 5.56 Å². The standard InChI is InChI=1S/C15H21N5O2/c1-11(10-22-3)20-8-6-14(19-20)18-15(21)17-12(2)13-5-4-7-16-9-13/h4-9,11-12H,10H2,1-3H3,(H2,17,18,19,21)/t11-,12+/m0/s1. The van der Waals surface area contributed by atoms with Crippen molar-refractivity contribution in [1.82, 2.24) is 20.1 Å². The van der Waals surface area contributed by atoms with Gasteiger partial charge in [-0.1, -0.05) is 6.07 Å². The van der Waals surface area contributed by atoms with Gasteiger partial charge >= 0.3 is 6.03 Å². The zero-order valence-corrected chi connectivity index (χ0v) is 13.0. The van der Waals surface area contributed by atoms with Crippen LogP contribution in [0.15, 0.2) is 36.8 Å². The Bertz CT molecular complexity index is 599. The molecule has 2 N–H and O–H groups in total. The molecule has 0 aliphatic carbocycles. The number of urea groups is 1. The molecule has 22 heavy (non-hydrogen) atoms. The van der Waals surface area contributed by atoms with Gasteiger partial charge in [0.1, 0.15) is 0 Å². The highest BCUT2D eigenvalue weighted by Crippen LogP contribution is 2.12. The molecule has 2 rings (SSSR count). The quantitative estimate of drug-likeness (QED) is 0.858. The zero-order valence-electron chi connectivity index (χ0n) is 13.0. The fourth-order valence-electron chi connectivity index (χ4n) is 2.03. The normalized spacial score (nSPS) is 13.4. The summed E-state index contributed by atoms with van der Waals surface area (Å²) in [6, 6.07) is 5.17. The Hall–Kier alpha value is -2.41. The number of carbonyl (C=O) groups is 1. The van der Waals surface area contributed by atoms with Gasteiger partial charge in [-0.3, -0.25) is 15.0 Å². The average Bonchev–Trinajstić information content (AvgIpc) is 2.96. The van der Waals surface area contributed by atoms with Crippen molar-refractivity contribution < 1.29 is 9.53 Å². The molecular weight excluding hydrogens is 282 g/mol. The zero-order chi connectivity index (χ0) is 15.9. The van der Waals surface area contributed by atoms with Crippen LogP contribution in [0, 0.1) is 0 Å². The lowest BCUT2D eigenvalue weighted by molar-refractivity contribution is 0.157. The maximum absolute atomic E-state index is 12.0. The summed E-state index contributed by atoms with van der Waals surface area (Å²) in [6.07, 6.45) is 5.24. The Morgan fingerprint density at radius 2 is 2.23 bits per heavy atom. The van der Waals surface area contributed by atoms with Gasteiger partial charge in [-0.25, -0.2) is 4.79 Å². The number of nitrogens with zero attached hydrogens (tertiary/aromatic N) is 3. The number of ether oxygens (including phenoxy) is 1. The smallest absolute Gasteiger partial charge is 0.320 e. The van der Waals surface area contributed by atoms with E-state index >= 15 is 0 Å². The number of hydrogen-bond donors (Lipinski definition) is 2. The van der Waals surface area contributed by atoms with Crippen LogP contribution in [-0.4, -0.2) is 34.5 Å². The van der Waals surface area contributed by atoms with E-state index < -0.39 is 0 Å². The third kappa shape index (κ3) is 4.29. The van der Waals surface area contributed by atoms with Crippen LogP contribution < -0.4 is 10.6 Å². The second kappa shape index (κ2) is 7.56. The monoisotopic (exact) mass is 303 g/mol. The number of aromatic nitrogens is 3. The summed E-state index contributed by atoms with van der Waals surface area (Å²) in [4.78, 5) is 16.0. The Morgan fingerprint density at radius 1 is 1.41 bits per heavy atom.